The highest BCUT2D eigenvalue weighted by molar-refractivity contribution is 7.99. The third-order valence-corrected chi connectivity index (χ3v) is 6.93. The molecule has 0 unspecified atom stereocenters. The van der Waals surface area contributed by atoms with E-state index in [0.717, 1.165) is 37.2 Å². The standard InChI is InChI=1S/C24H27ClN4O2S/c1-17-6-8-19(9-7-17)32-15-12-26-24(30)18-10-13-29(14-11-18)16-22-27-23(28-31-22)20-4-2-3-5-21(20)25/h2-9,18H,10-16H2,1H3,(H,26,30). The molecule has 4 rings (SSSR count). The van der Waals surface area contributed by atoms with E-state index in [2.05, 4.69) is 51.5 Å². The smallest absolute Gasteiger partial charge is 0.241 e. The number of hydrogen-bond acceptors (Lipinski definition) is 6. The molecule has 1 fully saturated rings. The first-order valence-corrected chi connectivity index (χ1v) is 12.2. The van der Waals surface area contributed by atoms with Gasteiger partial charge in [-0.15, -0.1) is 11.8 Å². The molecule has 6 nitrogen and oxygen atoms in total. The van der Waals surface area contributed by atoms with Crippen molar-refractivity contribution in [2.24, 2.45) is 5.92 Å². The van der Waals surface area contributed by atoms with Crippen molar-refractivity contribution < 1.29 is 9.32 Å². The zero-order valence-corrected chi connectivity index (χ0v) is 19.7. The fourth-order valence-electron chi connectivity index (χ4n) is 3.74. The number of nitrogens with zero attached hydrogens (tertiary/aromatic N) is 3. The Morgan fingerprint density at radius 1 is 1.19 bits per heavy atom. The number of thioether (sulfide) groups is 1. The Balaban J connectivity index is 1.18. The summed E-state index contributed by atoms with van der Waals surface area (Å²) in [6, 6.07) is 15.9. The molecule has 8 heteroatoms. The van der Waals surface area contributed by atoms with Gasteiger partial charge in [-0.25, -0.2) is 0 Å². The highest BCUT2D eigenvalue weighted by Gasteiger charge is 2.26. The molecule has 0 aliphatic carbocycles. The molecule has 1 N–H and O–H groups in total. The van der Waals surface area contributed by atoms with Crippen LogP contribution in [-0.2, 0) is 11.3 Å². The van der Waals surface area contributed by atoms with Gasteiger partial charge in [0.2, 0.25) is 17.6 Å². The first-order valence-electron chi connectivity index (χ1n) is 10.9. The minimum absolute atomic E-state index is 0.0667. The van der Waals surface area contributed by atoms with Gasteiger partial charge in [0, 0.05) is 28.7 Å². The van der Waals surface area contributed by atoms with E-state index >= 15 is 0 Å². The van der Waals surface area contributed by atoms with Crippen LogP contribution in [0.4, 0.5) is 0 Å². The zero-order valence-electron chi connectivity index (χ0n) is 18.1. The van der Waals surface area contributed by atoms with Crippen LogP contribution in [-0.4, -0.2) is 46.3 Å². The number of amides is 1. The topological polar surface area (TPSA) is 71.3 Å². The predicted octanol–water partition coefficient (Wildman–Crippen LogP) is 4.82. The number of aryl methyl sites for hydroxylation is 1. The number of nitrogens with one attached hydrogen (secondary N) is 1. The van der Waals surface area contributed by atoms with Crippen molar-refractivity contribution in [2.75, 3.05) is 25.4 Å². The second kappa shape index (κ2) is 11.0. The molecule has 2 heterocycles. The van der Waals surface area contributed by atoms with Crippen molar-refractivity contribution in [3.63, 3.8) is 0 Å². The van der Waals surface area contributed by atoms with Crippen LogP contribution in [0.25, 0.3) is 11.4 Å². The lowest BCUT2D eigenvalue weighted by Crippen LogP contribution is -2.40. The first kappa shape index (κ1) is 22.8. The van der Waals surface area contributed by atoms with Gasteiger partial charge >= 0.3 is 0 Å². The summed E-state index contributed by atoms with van der Waals surface area (Å²) in [7, 11) is 0. The molecule has 1 aliphatic heterocycles. The van der Waals surface area contributed by atoms with Gasteiger partial charge < -0.3 is 9.84 Å². The molecule has 1 aromatic heterocycles. The van der Waals surface area contributed by atoms with Crippen LogP contribution in [0, 0.1) is 12.8 Å². The molecular formula is C24H27ClN4O2S. The van der Waals surface area contributed by atoms with Crippen LogP contribution in [0.5, 0.6) is 0 Å². The molecule has 1 saturated heterocycles. The minimum atomic E-state index is 0.0667. The summed E-state index contributed by atoms with van der Waals surface area (Å²) in [6.07, 6.45) is 1.67. The Hall–Kier alpha value is -2.35. The molecule has 1 amide bonds. The van der Waals surface area contributed by atoms with Crippen LogP contribution in [0.3, 0.4) is 0 Å². The van der Waals surface area contributed by atoms with E-state index in [4.69, 9.17) is 16.1 Å². The average molecular weight is 471 g/mol. The first-order chi connectivity index (χ1) is 15.6. The molecular weight excluding hydrogens is 444 g/mol. The summed E-state index contributed by atoms with van der Waals surface area (Å²) in [6.45, 7) is 5.02. The normalized spacial score (nSPS) is 15.1. The Morgan fingerprint density at radius 2 is 1.94 bits per heavy atom. The number of carbonyl (C=O) groups is 1. The lowest BCUT2D eigenvalue weighted by molar-refractivity contribution is -0.126. The maximum Gasteiger partial charge on any atom is 0.241 e. The van der Waals surface area contributed by atoms with Crippen molar-refractivity contribution in [3.8, 4) is 11.4 Å². The Labute approximate surface area is 197 Å². The number of aromatic nitrogens is 2. The molecule has 2 aromatic carbocycles. The molecule has 0 spiro atoms. The fraction of sp³-hybridized carbons (Fsp3) is 0.375. The van der Waals surface area contributed by atoms with E-state index in [9.17, 15) is 4.79 Å². The van der Waals surface area contributed by atoms with E-state index < -0.39 is 0 Å². The lowest BCUT2D eigenvalue weighted by atomic mass is 9.96. The number of rotatable bonds is 8. The summed E-state index contributed by atoms with van der Waals surface area (Å²) in [5.74, 6) is 2.17. The third-order valence-electron chi connectivity index (χ3n) is 5.59. The quantitative estimate of drug-likeness (QED) is 0.376. The SMILES string of the molecule is Cc1ccc(SCCNC(=O)C2CCN(Cc3nc(-c4ccccc4Cl)no3)CC2)cc1. The number of hydrogen-bond donors (Lipinski definition) is 1. The molecule has 0 bridgehead atoms. The molecule has 1 aliphatic rings. The Kier molecular flexibility index (Phi) is 7.84. The molecule has 0 saturated carbocycles. The van der Waals surface area contributed by atoms with Crippen LogP contribution in [0.15, 0.2) is 57.9 Å². The summed E-state index contributed by atoms with van der Waals surface area (Å²) in [4.78, 5) is 20.5. The second-order valence-electron chi connectivity index (χ2n) is 7.99. The number of halogens is 1. The van der Waals surface area contributed by atoms with Crippen LogP contribution < -0.4 is 5.32 Å². The predicted molar refractivity (Wildman–Crippen MR) is 128 cm³/mol. The van der Waals surface area contributed by atoms with Gasteiger partial charge in [0.1, 0.15) is 0 Å². The van der Waals surface area contributed by atoms with Gasteiger partial charge in [-0.3, -0.25) is 9.69 Å². The van der Waals surface area contributed by atoms with Crippen molar-refractivity contribution in [2.45, 2.75) is 31.2 Å². The minimum Gasteiger partial charge on any atom is -0.355 e. The second-order valence-corrected chi connectivity index (χ2v) is 9.57. The van der Waals surface area contributed by atoms with Gasteiger partial charge in [0.15, 0.2) is 0 Å². The molecule has 168 valence electrons. The number of carbonyl (C=O) groups excluding carboxylic acids is 1. The summed E-state index contributed by atoms with van der Waals surface area (Å²) in [5.41, 5.74) is 2.02. The number of benzene rings is 2. The van der Waals surface area contributed by atoms with Crippen molar-refractivity contribution in [1.82, 2.24) is 20.4 Å². The number of likely N-dealkylation sites (tertiary alicyclic amines) is 1. The van der Waals surface area contributed by atoms with E-state index in [1.54, 1.807) is 11.8 Å². The Morgan fingerprint density at radius 3 is 2.69 bits per heavy atom. The van der Waals surface area contributed by atoms with Gasteiger partial charge in [0.05, 0.1) is 11.6 Å². The fourth-order valence-corrected chi connectivity index (χ4v) is 4.73. The van der Waals surface area contributed by atoms with Crippen molar-refractivity contribution in [1.29, 1.82) is 0 Å². The van der Waals surface area contributed by atoms with Crippen LogP contribution in [0.2, 0.25) is 5.02 Å². The zero-order chi connectivity index (χ0) is 22.3. The maximum atomic E-state index is 12.5. The highest BCUT2D eigenvalue weighted by Crippen LogP contribution is 2.26. The van der Waals surface area contributed by atoms with Crippen LogP contribution in [0.1, 0.15) is 24.3 Å². The van der Waals surface area contributed by atoms with Crippen LogP contribution >= 0.6 is 23.4 Å². The molecule has 32 heavy (non-hydrogen) atoms. The number of piperidine rings is 1. The third kappa shape index (κ3) is 6.12. The van der Waals surface area contributed by atoms with E-state index in [1.165, 1.54) is 10.5 Å². The average Bonchev–Trinajstić information content (AvgIpc) is 3.27. The van der Waals surface area contributed by atoms with Gasteiger partial charge in [-0.2, -0.15) is 4.98 Å². The van der Waals surface area contributed by atoms with Gasteiger partial charge in [-0.1, -0.05) is 46.6 Å². The van der Waals surface area contributed by atoms with E-state index in [0.29, 0.717) is 29.8 Å². The lowest BCUT2D eigenvalue weighted by Gasteiger charge is -2.30. The van der Waals surface area contributed by atoms with Gasteiger partial charge in [0.25, 0.3) is 0 Å². The van der Waals surface area contributed by atoms with Gasteiger partial charge in [-0.05, 0) is 57.1 Å². The summed E-state index contributed by atoms with van der Waals surface area (Å²) >= 11 is 7.98. The maximum absolute atomic E-state index is 12.5. The van der Waals surface area contributed by atoms with Crippen molar-refractivity contribution >= 4 is 29.3 Å². The monoisotopic (exact) mass is 470 g/mol. The summed E-state index contributed by atoms with van der Waals surface area (Å²) < 4.78 is 5.42. The molecule has 0 radical (unpaired) electrons. The van der Waals surface area contributed by atoms with E-state index in [-0.39, 0.29) is 11.8 Å². The largest absolute Gasteiger partial charge is 0.355 e. The highest BCUT2D eigenvalue weighted by atomic mass is 35.5. The van der Waals surface area contributed by atoms with E-state index in [1.807, 2.05) is 24.3 Å². The molecule has 0 atom stereocenters. The summed E-state index contributed by atoms with van der Waals surface area (Å²) in [5, 5.41) is 7.76. The Bertz CT molecular complexity index is 1030. The molecule has 3 aromatic rings. The van der Waals surface area contributed by atoms with Crippen molar-refractivity contribution in [3.05, 3.63) is 65.0 Å².